The highest BCUT2D eigenvalue weighted by Gasteiger charge is 2.23. The standard InChI is InChI=1S/C14H19BrClNO/c15-12-7-10(5-6-13(12)16)8-17-14-4-2-1-3-11(14)9-18/h5-7,11,14,17-18H,1-4,8-9H2. The van der Waals surface area contributed by atoms with Gasteiger partial charge in [-0.3, -0.25) is 0 Å². The molecule has 0 saturated heterocycles. The van der Waals surface area contributed by atoms with Crippen LogP contribution in [0.4, 0.5) is 0 Å². The molecule has 0 spiro atoms. The van der Waals surface area contributed by atoms with Gasteiger partial charge >= 0.3 is 0 Å². The molecular weight excluding hydrogens is 314 g/mol. The molecule has 18 heavy (non-hydrogen) atoms. The van der Waals surface area contributed by atoms with Crippen LogP contribution in [-0.2, 0) is 6.54 Å². The molecule has 0 heterocycles. The summed E-state index contributed by atoms with van der Waals surface area (Å²) < 4.78 is 0.936. The zero-order valence-electron chi connectivity index (χ0n) is 10.3. The van der Waals surface area contributed by atoms with E-state index in [1.807, 2.05) is 18.2 Å². The first-order valence-corrected chi connectivity index (χ1v) is 7.66. The molecule has 1 aliphatic rings. The Morgan fingerprint density at radius 2 is 2.11 bits per heavy atom. The minimum absolute atomic E-state index is 0.294. The first-order valence-electron chi connectivity index (χ1n) is 6.49. The monoisotopic (exact) mass is 331 g/mol. The fraction of sp³-hybridized carbons (Fsp3) is 0.571. The van der Waals surface area contributed by atoms with Crippen LogP contribution < -0.4 is 5.32 Å². The van der Waals surface area contributed by atoms with Gasteiger partial charge in [0.2, 0.25) is 0 Å². The number of hydrogen-bond donors (Lipinski definition) is 2. The van der Waals surface area contributed by atoms with Crippen LogP contribution in [0.3, 0.4) is 0 Å². The summed E-state index contributed by atoms with van der Waals surface area (Å²) in [6, 6.07) is 6.44. The second-order valence-corrected chi connectivity index (χ2v) is 6.22. The highest BCUT2D eigenvalue weighted by Crippen LogP contribution is 2.26. The lowest BCUT2D eigenvalue weighted by molar-refractivity contribution is 0.152. The van der Waals surface area contributed by atoms with Crippen molar-refractivity contribution >= 4 is 27.5 Å². The van der Waals surface area contributed by atoms with Crippen molar-refractivity contribution in [3.8, 4) is 0 Å². The molecular formula is C14H19BrClNO. The van der Waals surface area contributed by atoms with E-state index in [1.54, 1.807) is 0 Å². The van der Waals surface area contributed by atoms with Crippen LogP contribution in [0.2, 0.25) is 5.02 Å². The molecule has 1 fully saturated rings. The number of rotatable bonds is 4. The van der Waals surface area contributed by atoms with Crippen molar-refractivity contribution in [2.24, 2.45) is 5.92 Å². The van der Waals surface area contributed by atoms with Crippen molar-refractivity contribution in [3.63, 3.8) is 0 Å². The van der Waals surface area contributed by atoms with Gasteiger partial charge in [-0.2, -0.15) is 0 Å². The highest BCUT2D eigenvalue weighted by atomic mass is 79.9. The first-order chi connectivity index (χ1) is 8.70. The van der Waals surface area contributed by atoms with Crippen LogP contribution in [-0.4, -0.2) is 17.8 Å². The number of nitrogens with one attached hydrogen (secondary N) is 1. The van der Waals surface area contributed by atoms with E-state index in [4.69, 9.17) is 11.6 Å². The summed E-state index contributed by atoms with van der Waals surface area (Å²) in [4.78, 5) is 0. The molecule has 100 valence electrons. The Kier molecular flexibility index (Phi) is 5.49. The predicted molar refractivity (Wildman–Crippen MR) is 78.8 cm³/mol. The number of benzene rings is 1. The fourth-order valence-corrected chi connectivity index (χ4v) is 3.14. The number of aliphatic hydroxyl groups is 1. The third-order valence-electron chi connectivity index (χ3n) is 3.70. The topological polar surface area (TPSA) is 32.3 Å². The first kappa shape index (κ1) is 14.3. The minimum atomic E-state index is 0.294. The van der Waals surface area contributed by atoms with Crippen molar-refractivity contribution in [1.82, 2.24) is 5.32 Å². The summed E-state index contributed by atoms with van der Waals surface area (Å²) in [7, 11) is 0. The Labute approximate surface area is 122 Å². The minimum Gasteiger partial charge on any atom is -0.396 e. The van der Waals surface area contributed by atoms with Gasteiger partial charge in [-0.1, -0.05) is 30.5 Å². The van der Waals surface area contributed by atoms with Crippen molar-refractivity contribution in [3.05, 3.63) is 33.3 Å². The van der Waals surface area contributed by atoms with E-state index in [-0.39, 0.29) is 0 Å². The zero-order valence-corrected chi connectivity index (χ0v) is 12.7. The summed E-state index contributed by atoms with van der Waals surface area (Å²) in [5, 5.41) is 13.7. The number of hydrogen-bond acceptors (Lipinski definition) is 2. The number of aliphatic hydroxyl groups excluding tert-OH is 1. The molecule has 2 rings (SSSR count). The second kappa shape index (κ2) is 6.90. The van der Waals surface area contributed by atoms with Gasteiger partial charge in [0.25, 0.3) is 0 Å². The van der Waals surface area contributed by atoms with Gasteiger partial charge in [0.05, 0.1) is 5.02 Å². The molecule has 0 amide bonds. The Morgan fingerprint density at radius 1 is 1.33 bits per heavy atom. The third-order valence-corrected chi connectivity index (χ3v) is 4.91. The second-order valence-electron chi connectivity index (χ2n) is 4.96. The van der Waals surface area contributed by atoms with Crippen LogP contribution in [0.5, 0.6) is 0 Å². The average Bonchev–Trinajstić information content (AvgIpc) is 2.40. The molecule has 2 unspecified atom stereocenters. The predicted octanol–water partition coefficient (Wildman–Crippen LogP) is 3.74. The molecule has 1 aromatic carbocycles. The molecule has 0 aliphatic heterocycles. The summed E-state index contributed by atoms with van der Waals surface area (Å²) in [6.45, 7) is 1.12. The average molecular weight is 333 g/mol. The Hall–Kier alpha value is -0.0900. The maximum Gasteiger partial charge on any atom is 0.0548 e. The van der Waals surface area contributed by atoms with E-state index in [0.717, 1.165) is 22.5 Å². The Morgan fingerprint density at radius 3 is 2.83 bits per heavy atom. The fourth-order valence-electron chi connectivity index (χ4n) is 2.59. The van der Waals surface area contributed by atoms with Crippen molar-refractivity contribution in [2.45, 2.75) is 38.3 Å². The van der Waals surface area contributed by atoms with Crippen LogP contribution in [0.1, 0.15) is 31.2 Å². The molecule has 2 atom stereocenters. The van der Waals surface area contributed by atoms with Gasteiger partial charge < -0.3 is 10.4 Å². The molecule has 0 radical (unpaired) electrons. The molecule has 1 saturated carbocycles. The Balaban J connectivity index is 1.91. The third kappa shape index (κ3) is 3.70. The van der Waals surface area contributed by atoms with Gasteiger partial charge in [0.15, 0.2) is 0 Å². The summed E-state index contributed by atoms with van der Waals surface area (Å²) >= 11 is 9.41. The van der Waals surface area contributed by atoms with E-state index >= 15 is 0 Å². The van der Waals surface area contributed by atoms with Crippen LogP contribution >= 0.6 is 27.5 Å². The number of halogens is 2. The highest BCUT2D eigenvalue weighted by molar-refractivity contribution is 9.10. The van der Waals surface area contributed by atoms with Crippen LogP contribution in [0, 0.1) is 5.92 Å². The van der Waals surface area contributed by atoms with E-state index in [0.29, 0.717) is 18.6 Å². The van der Waals surface area contributed by atoms with Gasteiger partial charge in [0.1, 0.15) is 0 Å². The zero-order chi connectivity index (χ0) is 13.0. The van der Waals surface area contributed by atoms with Crippen molar-refractivity contribution in [2.75, 3.05) is 6.61 Å². The lowest BCUT2D eigenvalue weighted by atomic mass is 9.85. The Bertz CT molecular complexity index is 399. The summed E-state index contributed by atoms with van der Waals surface area (Å²) in [5.74, 6) is 0.412. The van der Waals surface area contributed by atoms with Crippen LogP contribution in [0.15, 0.2) is 22.7 Å². The smallest absolute Gasteiger partial charge is 0.0548 e. The van der Waals surface area contributed by atoms with Crippen molar-refractivity contribution < 1.29 is 5.11 Å². The van der Waals surface area contributed by atoms with E-state index in [9.17, 15) is 5.11 Å². The lowest BCUT2D eigenvalue weighted by Crippen LogP contribution is -2.39. The van der Waals surface area contributed by atoms with Gasteiger partial charge in [-0.15, -0.1) is 0 Å². The molecule has 2 nitrogen and oxygen atoms in total. The normalized spacial score (nSPS) is 24.2. The quantitative estimate of drug-likeness (QED) is 0.880. The van der Waals surface area contributed by atoms with Gasteiger partial charge in [-0.05, 0) is 52.4 Å². The molecule has 0 aromatic heterocycles. The van der Waals surface area contributed by atoms with E-state index in [2.05, 4.69) is 21.2 Å². The molecule has 1 aromatic rings. The summed E-state index contributed by atoms with van der Waals surface area (Å²) in [6.07, 6.45) is 4.81. The van der Waals surface area contributed by atoms with E-state index < -0.39 is 0 Å². The van der Waals surface area contributed by atoms with Crippen LogP contribution in [0.25, 0.3) is 0 Å². The molecule has 0 bridgehead atoms. The van der Waals surface area contributed by atoms with Gasteiger partial charge in [-0.25, -0.2) is 0 Å². The molecule has 1 aliphatic carbocycles. The van der Waals surface area contributed by atoms with Gasteiger partial charge in [0, 0.05) is 23.7 Å². The maximum absolute atomic E-state index is 9.37. The SMILES string of the molecule is OCC1CCCCC1NCc1ccc(Cl)c(Br)c1. The lowest BCUT2D eigenvalue weighted by Gasteiger charge is -2.31. The largest absolute Gasteiger partial charge is 0.396 e. The maximum atomic E-state index is 9.37. The molecule has 4 heteroatoms. The summed E-state index contributed by atoms with van der Waals surface area (Å²) in [5.41, 5.74) is 1.22. The van der Waals surface area contributed by atoms with E-state index in [1.165, 1.54) is 24.8 Å². The van der Waals surface area contributed by atoms with Crippen molar-refractivity contribution in [1.29, 1.82) is 0 Å². The molecule has 2 N–H and O–H groups in total.